The van der Waals surface area contributed by atoms with Gasteiger partial charge in [-0.15, -0.1) is 0 Å². The minimum absolute atomic E-state index is 0.702. The van der Waals surface area contributed by atoms with Crippen molar-refractivity contribution in [2.24, 2.45) is 17.8 Å². The molecule has 1 N–H and O–H groups in total. The van der Waals surface area contributed by atoms with E-state index in [9.17, 15) is 0 Å². The number of aryl methyl sites for hydroxylation is 1. The van der Waals surface area contributed by atoms with Gasteiger partial charge < -0.3 is 5.32 Å². The van der Waals surface area contributed by atoms with Gasteiger partial charge in [0, 0.05) is 6.04 Å². The normalized spacial score (nSPS) is 29.0. The summed E-state index contributed by atoms with van der Waals surface area (Å²) in [5, 5.41) is 3.87. The maximum Gasteiger partial charge on any atom is 0.0138 e. The van der Waals surface area contributed by atoms with E-state index in [-0.39, 0.29) is 0 Å². The van der Waals surface area contributed by atoms with Gasteiger partial charge in [-0.1, -0.05) is 44.5 Å². The highest BCUT2D eigenvalue weighted by Crippen LogP contribution is 2.49. The molecule has 2 saturated carbocycles. The first-order valence-corrected chi connectivity index (χ1v) is 9.11. The second kappa shape index (κ2) is 6.96. The van der Waals surface area contributed by atoms with Gasteiger partial charge in [-0.2, -0.15) is 0 Å². The first kappa shape index (κ1) is 15.1. The van der Waals surface area contributed by atoms with Crippen molar-refractivity contribution in [1.29, 1.82) is 0 Å². The molecule has 4 atom stereocenters. The van der Waals surface area contributed by atoms with Crippen LogP contribution in [-0.4, -0.2) is 12.6 Å². The van der Waals surface area contributed by atoms with E-state index < -0.39 is 0 Å². The second-order valence-corrected chi connectivity index (χ2v) is 7.27. The van der Waals surface area contributed by atoms with Crippen molar-refractivity contribution in [3.8, 4) is 0 Å². The monoisotopic (exact) mass is 285 g/mol. The number of nitrogens with one attached hydrogen (secondary N) is 1. The van der Waals surface area contributed by atoms with E-state index in [1.54, 1.807) is 0 Å². The molecule has 1 aromatic carbocycles. The summed E-state index contributed by atoms with van der Waals surface area (Å²) >= 11 is 0. The van der Waals surface area contributed by atoms with E-state index in [0.717, 1.165) is 24.2 Å². The third kappa shape index (κ3) is 3.51. The zero-order valence-corrected chi connectivity index (χ0v) is 13.8. The van der Waals surface area contributed by atoms with Crippen LogP contribution < -0.4 is 5.32 Å². The lowest BCUT2D eigenvalue weighted by Crippen LogP contribution is -2.40. The molecule has 21 heavy (non-hydrogen) atoms. The van der Waals surface area contributed by atoms with E-state index >= 15 is 0 Å². The number of hydrogen-bond donors (Lipinski definition) is 1. The fraction of sp³-hybridized carbons (Fsp3) is 0.700. The Morgan fingerprint density at radius 3 is 2.38 bits per heavy atom. The summed E-state index contributed by atoms with van der Waals surface area (Å²) in [6.45, 7) is 5.68. The Morgan fingerprint density at radius 1 is 1.05 bits per heavy atom. The molecule has 0 amide bonds. The zero-order chi connectivity index (χ0) is 14.7. The van der Waals surface area contributed by atoms with Crippen molar-refractivity contribution in [2.75, 3.05) is 6.54 Å². The van der Waals surface area contributed by atoms with Gasteiger partial charge in [0.05, 0.1) is 0 Å². The molecule has 1 heteroatoms. The highest BCUT2D eigenvalue weighted by Gasteiger charge is 2.42. The Morgan fingerprint density at radius 2 is 1.81 bits per heavy atom. The molecule has 4 unspecified atom stereocenters. The van der Waals surface area contributed by atoms with Crippen LogP contribution >= 0.6 is 0 Å². The molecular weight excluding hydrogens is 254 g/mol. The molecule has 2 fully saturated rings. The largest absolute Gasteiger partial charge is 0.313 e. The Balaban J connectivity index is 1.66. The molecule has 1 aromatic rings. The lowest BCUT2D eigenvalue weighted by Gasteiger charge is -2.31. The van der Waals surface area contributed by atoms with Crippen LogP contribution in [0.25, 0.3) is 0 Å². The van der Waals surface area contributed by atoms with Crippen LogP contribution in [0.2, 0.25) is 0 Å². The molecular formula is C20H31N. The molecule has 2 bridgehead atoms. The fourth-order valence-corrected chi connectivity index (χ4v) is 4.66. The van der Waals surface area contributed by atoms with Crippen molar-refractivity contribution >= 4 is 0 Å². The van der Waals surface area contributed by atoms with Gasteiger partial charge in [-0.05, 0) is 74.0 Å². The van der Waals surface area contributed by atoms with Gasteiger partial charge in [0.2, 0.25) is 0 Å². The average Bonchev–Trinajstić information content (AvgIpc) is 3.15. The smallest absolute Gasteiger partial charge is 0.0138 e. The Bertz CT molecular complexity index is 436. The Labute approximate surface area is 130 Å². The minimum atomic E-state index is 0.702. The number of benzene rings is 1. The second-order valence-electron chi connectivity index (χ2n) is 7.27. The number of rotatable bonds is 7. The van der Waals surface area contributed by atoms with Crippen LogP contribution in [0.15, 0.2) is 24.3 Å². The Kier molecular flexibility index (Phi) is 5.00. The topological polar surface area (TPSA) is 12.0 Å². The molecule has 0 saturated heterocycles. The summed E-state index contributed by atoms with van der Waals surface area (Å²) in [7, 11) is 0. The molecule has 0 aliphatic heterocycles. The molecule has 2 aliphatic carbocycles. The van der Waals surface area contributed by atoms with Crippen LogP contribution in [0.4, 0.5) is 0 Å². The van der Waals surface area contributed by atoms with Gasteiger partial charge in [0.1, 0.15) is 0 Å². The number of fused-ring (bicyclic) bond motifs is 2. The van der Waals surface area contributed by atoms with E-state index in [1.807, 2.05) is 0 Å². The fourth-order valence-electron chi connectivity index (χ4n) is 4.66. The van der Waals surface area contributed by atoms with Crippen molar-refractivity contribution in [3.63, 3.8) is 0 Å². The predicted octanol–water partition coefficient (Wildman–Crippen LogP) is 4.60. The third-order valence-electron chi connectivity index (χ3n) is 5.85. The molecule has 3 rings (SSSR count). The van der Waals surface area contributed by atoms with E-state index in [0.29, 0.717) is 6.04 Å². The van der Waals surface area contributed by atoms with Crippen molar-refractivity contribution < 1.29 is 0 Å². The zero-order valence-electron chi connectivity index (χ0n) is 13.8. The molecule has 0 radical (unpaired) electrons. The van der Waals surface area contributed by atoms with Crippen LogP contribution in [-0.2, 0) is 12.8 Å². The lowest BCUT2D eigenvalue weighted by atomic mass is 9.81. The van der Waals surface area contributed by atoms with Crippen LogP contribution in [0.1, 0.15) is 57.1 Å². The average molecular weight is 285 g/mol. The summed E-state index contributed by atoms with van der Waals surface area (Å²) < 4.78 is 0. The molecule has 0 aromatic heterocycles. The molecule has 0 spiro atoms. The quantitative estimate of drug-likeness (QED) is 0.772. The molecule has 2 aliphatic rings. The minimum Gasteiger partial charge on any atom is -0.313 e. The van der Waals surface area contributed by atoms with Gasteiger partial charge in [-0.25, -0.2) is 0 Å². The highest BCUT2D eigenvalue weighted by molar-refractivity contribution is 5.23. The van der Waals surface area contributed by atoms with Crippen molar-refractivity contribution in [2.45, 2.75) is 64.8 Å². The first-order valence-electron chi connectivity index (χ1n) is 9.11. The predicted molar refractivity (Wildman–Crippen MR) is 90.5 cm³/mol. The van der Waals surface area contributed by atoms with Gasteiger partial charge in [0.15, 0.2) is 0 Å². The summed E-state index contributed by atoms with van der Waals surface area (Å²) in [6.07, 6.45) is 9.61. The van der Waals surface area contributed by atoms with Crippen LogP contribution in [0, 0.1) is 17.8 Å². The van der Waals surface area contributed by atoms with Crippen LogP contribution in [0.5, 0.6) is 0 Å². The molecule has 116 valence electrons. The van der Waals surface area contributed by atoms with Crippen molar-refractivity contribution in [3.05, 3.63) is 35.4 Å². The lowest BCUT2D eigenvalue weighted by molar-refractivity contribution is 0.247. The summed E-state index contributed by atoms with van der Waals surface area (Å²) in [6, 6.07) is 10.0. The Hall–Kier alpha value is -0.820. The maximum absolute atomic E-state index is 3.87. The highest BCUT2D eigenvalue weighted by atomic mass is 14.9. The van der Waals surface area contributed by atoms with Gasteiger partial charge in [0.25, 0.3) is 0 Å². The summed E-state index contributed by atoms with van der Waals surface area (Å²) in [4.78, 5) is 0. The van der Waals surface area contributed by atoms with Crippen molar-refractivity contribution in [1.82, 2.24) is 5.32 Å². The third-order valence-corrected chi connectivity index (χ3v) is 5.85. The summed E-state index contributed by atoms with van der Waals surface area (Å²) in [5.41, 5.74) is 2.97. The molecule has 1 nitrogen and oxygen atoms in total. The van der Waals surface area contributed by atoms with E-state index in [1.165, 1.54) is 56.2 Å². The first-order chi connectivity index (χ1) is 10.3. The standard InChI is InChI=1S/C20H31N/c1-3-11-21-20(19-13-17-9-10-18(19)12-17)14-16-7-5-15(4-2)6-8-16/h5-8,17-21H,3-4,9-14H2,1-2H3. The van der Waals surface area contributed by atoms with Gasteiger partial charge >= 0.3 is 0 Å². The van der Waals surface area contributed by atoms with E-state index in [4.69, 9.17) is 0 Å². The maximum atomic E-state index is 3.87. The number of hydrogen-bond acceptors (Lipinski definition) is 1. The van der Waals surface area contributed by atoms with Crippen LogP contribution in [0.3, 0.4) is 0 Å². The van der Waals surface area contributed by atoms with Gasteiger partial charge in [-0.3, -0.25) is 0 Å². The SMILES string of the molecule is CCCNC(Cc1ccc(CC)cc1)C1CC2CCC1C2. The van der Waals surface area contributed by atoms with E-state index in [2.05, 4.69) is 43.4 Å². The molecule has 0 heterocycles. The summed E-state index contributed by atoms with van der Waals surface area (Å²) in [5.74, 6) is 2.99.